The molecule has 1 amide bonds. The molecule has 6 heteroatoms. The second-order valence-corrected chi connectivity index (χ2v) is 6.01. The van der Waals surface area contributed by atoms with Crippen LogP contribution in [0.4, 0.5) is 0 Å². The molecule has 1 unspecified atom stereocenters. The predicted molar refractivity (Wildman–Crippen MR) is 89.1 cm³/mol. The molecule has 0 bridgehead atoms. The third kappa shape index (κ3) is 3.27. The van der Waals surface area contributed by atoms with Gasteiger partial charge in [-0.05, 0) is 58.7 Å². The molecule has 0 spiro atoms. The van der Waals surface area contributed by atoms with E-state index in [1.807, 2.05) is 25.1 Å². The molecule has 1 heterocycles. The van der Waals surface area contributed by atoms with E-state index in [-0.39, 0.29) is 18.7 Å². The van der Waals surface area contributed by atoms with E-state index in [1.165, 1.54) is 0 Å². The Morgan fingerprint density at radius 2 is 2.00 bits per heavy atom. The number of carbonyl (C=O) groups excluding carboxylic acids is 1. The Bertz CT molecular complexity index is 747. The molecule has 1 atom stereocenters. The number of rotatable bonds is 4. The fraction of sp³-hybridized carbons (Fsp3) is 0.235. The van der Waals surface area contributed by atoms with E-state index in [0.29, 0.717) is 17.1 Å². The second-order valence-electron chi connectivity index (χ2n) is 5.16. The number of fused-ring (bicyclic) bond motifs is 1. The van der Waals surface area contributed by atoms with Gasteiger partial charge in [-0.3, -0.25) is 4.79 Å². The summed E-state index contributed by atoms with van der Waals surface area (Å²) in [4.78, 5) is 12.4. The van der Waals surface area contributed by atoms with Gasteiger partial charge in [-0.25, -0.2) is 0 Å². The Balaban J connectivity index is 1.73. The van der Waals surface area contributed by atoms with Gasteiger partial charge < -0.3 is 19.5 Å². The minimum Gasteiger partial charge on any atom is -0.496 e. The highest BCUT2D eigenvalue weighted by Gasteiger charge is 2.18. The normalized spacial score (nSPS) is 13.5. The summed E-state index contributed by atoms with van der Waals surface area (Å²) in [6.07, 6.45) is 0. The second kappa shape index (κ2) is 6.50. The van der Waals surface area contributed by atoms with Crippen LogP contribution in [0.15, 0.2) is 40.9 Å². The van der Waals surface area contributed by atoms with Gasteiger partial charge in [-0.1, -0.05) is 6.07 Å². The zero-order chi connectivity index (χ0) is 16.4. The lowest BCUT2D eigenvalue weighted by Crippen LogP contribution is -2.26. The van der Waals surface area contributed by atoms with Crippen molar-refractivity contribution in [3.05, 3.63) is 52.0 Å². The number of nitrogens with one attached hydrogen (secondary N) is 1. The first-order chi connectivity index (χ1) is 11.1. The van der Waals surface area contributed by atoms with Crippen molar-refractivity contribution < 1.29 is 19.0 Å². The molecule has 0 radical (unpaired) electrons. The van der Waals surface area contributed by atoms with Crippen LogP contribution in [0, 0.1) is 0 Å². The summed E-state index contributed by atoms with van der Waals surface area (Å²) in [6.45, 7) is 2.12. The van der Waals surface area contributed by atoms with Crippen LogP contribution in [0.2, 0.25) is 0 Å². The smallest absolute Gasteiger partial charge is 0.251 e. The first kappa shape index (κ1) is 15.7. The van der Waals surface area contributed by atoms with Gasteiger partial charge in [0, 0.05) is 5.56 Å². The topological polar surface area (TPSA) is 56.8 Å². The number of halogens is 1. The quantitative estimate of drug-likeness (QED) is 0.882. The Hall–Kier alpha value is -2.21. The van der Waals surface area contributed by atoms with Gasteiger partial charge in [0.25, 0.3) is 5.91 Å². The van der Waals surface area contributed by atoms with E-state index < -0.39 is 0 Å². The van der Waals surface area contributed by atoms with E-state index in [0.717, 1.165) is 15.8 Å². The molecule has 2 aromatic rings. The van der Waals surface area contributed by atoms with Gasteiger partial charge in [0.1, 0.15) is 5.75 Å². The molecular weight excluding hydrogens is 362 g/mol. The molecule has 0 saturated carbocycles. The van der Waals surface area contributed by atoms with Crippen LogP contribution in [-0.4, -0.2) is 19.8 Å². The number of carbonyl (C=O) groups is 1. The zero-order valence-corrected chi connectivity index (χ0v) is 14.3. The molecule has 0 aliphatic carbocycles. The summed E-state index contributed by atoms with van der Waals surface area (Å²) in [5.41, 5.74) is 1.51. The summed E-state index contributed by atoms with van der Waals surface area (Å²) in [5, 5.41) is 2.97. The van der Waals surface area contributed by atoms with Crippen molar-refractivity contribution in [2.45, 2.75) is 13.0 Å². The average Bonchev–Trinajstić information content (AvgIpc) is 3.02. The Kier molecular flexibility index (Phi) is 4.43. The molecule has 0 fully saturated rings. The van der Waals surface area contributed by atoms with Crippen molar-refractivity contribution in [3.63, 3.8) is 0 Å². The standard InChI is InChI=1S/C17H16BrNO4/c1-10(11-3-5-14(21-2)13(18)7-11)19-17(20)12-4-6-15-16(8-12)23-9-22-15/h3-8,10H,9H2,1-2H3,(H,19,20). The van der Waals surface area contributed by atoms with Gasteiger partial charge in [0.2, 0.25) is 6.79 Å². The van der Waals surface area contributed by atoms with Gasteiger partial charge in [-0.15, -0.1) is 0 Å². The van der Waals surface area contributed by atoms with Crippen LogP contribution in [-0.2, 0) is 0 Å². The molecule has 3 rings (SSSR count). The molecule has 1 aliphatic rings. The summed E-state index contributed by atoms with van der Waals surface area (Å²) in [7, 11) is 1.62. The maximum Gasteiger partial charge on any atom is 0.251 e. The summed E-state index contributed by atoms with van der Waals surface area (Å²) < 4.78 is 16.6. The largest absolute Gasteiger partial charge is 0.496 e. The van der Waals surface area contributed by atoms with E-state index in [4.69, 9.17) is 14.2 Å². The SMILES string of the molecule is COc1ccc(C(C)NC(=O)c2ccc3c(c2)OCO3)cc1Br. The van der Waals surface area contributed by atoms with Gasteiger partial charge in [0.15, 0.2) is 11.5 Å². The van der Waals surface area contributed by atoms with E-state index in [9.17, 15) is 4.79 Å². The number of hydrogen-bond donors (Lipinski definition) is 1. The summed E-state index contributed by atoms with van der Waals surface area (Å²) in [5.74, 6) is 1.84. The summed E-state index contributed by atoms with van der Waals surface area (Å²) >= 11 is 3.45. The average molecular weight is 378 g/mol. The lowest BCUT2D eigenvalue weighted by molar-refractivity contribution is 0.0939. The van der Waals surface area contributed by atoms with Crippen molar-refractivity contribution in [2.24, 2.45) is 0 Å². The molecule has 23 heavy (non-hydrogen) atoms. The Morgan fingerprint density at radius 3 is 2.74 bits per heavy atom. The van der Waals surface area contributed by atoms with Crippen molar-refractivity contribution in [1.82, 2.24) is 5.32 Å². The molecule has 120 valence electrons. The minimum atomic E-state index is -0.164. The van der Waals surface area contributed by atoms with Crippen molar-refractivity contribution in [2.75, 3.05) is 13.9 Å². The lowest BCUT2D eigenvalue weighted by Gasteiger charge is -2.16. The number of hydrogen-bond acceptors (Lipinski definition) is 4. The van der Waals surface area contributed by atoms with Crippen LogP contribution in [0.1, 0.15) is 28.9 Å². The van der Waals surface area contributed by atoms with Gasteiger partial charge in [-0.2, -0.15) is 0 Å². The predicted octanol–water partition coefficient (Wildman–Crippen LogP) is 3.68. The molecular formula is C17H16BrNO4. The Labute approximate surface area is 142 Å². The fourth-order valence-corrected chi connectivity index (χ4v) is 2.91. The molecule has 5 nitrogen and oxygen atoms in total. The number of amides is 1. The van der Waals surface area contributed by atoms with Crippen LogP contribution >= 0.6 is 15.9 Å². The summed E-state index contributed by atoms with van der Waals surface area (Å²) in [6, 6.07) is 10.7. The molecule has 1 N–H and O–H groups in total. The van der Waals surface area contributed by atoms with E-state index >= 15 is 0 Å². The first-order valence-electron chi connectivity index (χ1n) is 7.12. The van der Waals surface area contributed by atoms with Crippen LogP contribution < -0.4 is 19.5 Å². The Morgan fingerprint density at radius 1 is 1.22 bits per heavy atom. The van der Waals surface area contributed by atoms with Crippen molar-refractivity contribution >= 4 is 21.8 Å². The van der Waals surface area contributed by atoms with E-state index in [2.05, 4.69) is 21.2 Å². The number of methoxy groups -OCH3 is 1. The van der Waals surface area contributed by atoms with Crippen LogP contribution in [0.5, 0.6) is 17.2 Å². The number of benzene rings is 2. The highest BCUT2D eigenvalue weighted by Crippen LogP contribution is 2.33. The number of ether oxygens (including phenoxy) is 3. The van der Waals surface area contributed by atoms with Crippen LogP contribution in [0.3, 0.4) is 0 Å². The van der Waals surface area contributed by atoms with Crippen molar-refractivity contribution in [3.8, 4) is 17.2 Å². The highest BCUT2D eigenvalue weighted by molar-refractivity contribution is 9.10. The molecule has 1 aliphatic heterocycles. The van der Waals surface area contributed by atoms with Crippen LogP contribution in [0.25, 0.3) is 0 Å². The first-order valence-corrected chi connectivity index (χ1v) is 7.91. The van der Waals surface area contributed by atoms with Gasteiger partial charge >= 0.3 is 0 Å². The van der Waals surface area contributed by atoms with E-state index in [1.54, 1.807) is 25.3 Å². The fourth-order valence-electron chi connectivity index (χ4n) is 2.35. The van der Waals surface area contributed by atoms with Crippen molar-refractivity contribution in [1.29, 1.82) is 0 Å². The highest BCUT2D eigenvalue weighted by atomic mass is 79.9. The third-order valence-corrected chi connectivity index (χ3v) is 4.28. The maximum absolute atomic E-state index is 12.4. The zero-order valence-electron chi connectivity index (χ0n) is 12.8. The molecule has 0 saturated heterocycles. The molecule has 0 aromatic heterocycles. The van der Waals surface area contributed by atoms with Gasteiger partial charge in [0.05, 0.1) is 17.6 Å². The third-order valence-electron chi connectivity index (χ3n) is 3.66. The maximum atomic E-state index is 12.4. The minimum absolute atomic E-state index is 0.143. The molecule has 2 aromatic carbocycles. The monoisotopic (exact) mass is 377 g/mol. The lowest BCUT2D eigenvalue weighted by atomic mass is 10.1.